The number of carbonyl (C=O) groups excluding carboxylic acids is 1. The molecule has 4 nitrogen and oxygen atoms in total. The maximum absolute atomic E-state index is 11.4. The van der Waals surface area contributed by atoms with Crippen molar-refractivity contribution in [2.45, 2.75) is 32.5 Å². The molecule has 0 aliphatic heterocycles. The lowest BCUT2D eigenvalue weighted by molar-refractivity contribution is -0.126. The number of likely N-dealkylation sites (N-methyl/N-ethyl adjacent to an activating group) is 1. The zero-order chi connectivity index (χ0) is 12.8. The van der Waals surface area contributed by atoms with Crippen LogP contribution in [0.3, 0.4) is 0 Å². The van der Waals surface area contributed by atoms with Gasteiger partial charge in [-0.1, -0.05) is 25.1 Å². The van der Waals surface area contributed by atoms with Crippen LogP contribution in [0.2, 0.25) is 0 Å². The molecule has 4 heteroatoms. The van der Waals surface area contributed by atoms with Gasteiger partial charge < -0.3 is 15.2 Å². The number of ether oxygens (including phenoxy) is 1. The monoisotopic (exact) mass is 237 g/mol. The molecule has 0 fully saturated rings. The molecule has 2 atom stereocenters. The molecule has 17 heavy (non-hydrogen) atoms. The standard InChI is InChI=1S/C13H19NO3/c1-4-11(15)10-7-5-6-8-12(10)17-9(2)13(16)14-3/h5-9,11,15H,4H2,1-3H3,(H,14,16)/t9?,11-/m0/s1. The summed E-state index contributed by atoms with van der Waals surface area (Å²) in [6.07, 6.45) is -0.539. The Labute approximate surface area is 102 Å². The van der Waals surface area contributed by atoms with Gasteiger partial charge >= 0.3 is 0 Å². The Morgan fingerprint density at radius 1 is 1.47 bits per heavy atom. The van der Waals surface area contributed by atoms with Crippen molar-refractivity contribution in [1.82, 2.24) is 5.32 Å². The number of rotatable bonds is 5. The molecule has 2 N–H and O–H groups in total. The van der Waals surface area contributed by atoms with E-state index >= 15 is 0 Å². The van der Waals surface area contributed by atoms with Crippen LogP contribution in [-0.4, -0.2) is 24.2 Å². The van der Waals surface area contributed by atoms with Gasteiger partial charge in [0, 0.05) is 12.6 Å². The second-order valence-electron chi connectivity index (χ2n) is 3.84. The molecule has 1 rings (SSSR count). The third-order valence-corrected chi connectivity index (χ3v) is 2.58. The molecular formula is C13H19NO3. The van der Waals surface area contributed by atoms with Crippen molar-refractivity contribution < 1.29 is 14.6 Å². The fourth-order valence-corrected chi connectivity index (χ4v) is 1.53. The van der Waals surface area contributed by atoms with Gasteiger partial charge in [0.05, 0.1) is 6.10 Å². The number of hydrogen-bond donors (Lipinski definition) is 2. The van der Waals surface area contributed by atoms with Gasteiger partial charge in [-0.2, -0.15) is 0 Å². The molecule has 0 saturated carbocycles. The lowest BCUT2D eigenvalue weighted by atomic mass is 10.1. The number of amides is 1. The van der Waals surface area contributed by atoms with E-state index in [1.807, 2.05) is 19.1 Å². The van der Waals surface area contributed by atoms with Crippen molar-refractivity contribution in [2.75, 3.05) is 7.05 Å². The van der Waals surface area contributed by atoms with E-state index in [0.717, 1.165) is 0 Å². The van der Waals surface area contributed by atoms with Crippen LogP contribution in [0.5, 0.6) is 5.75 Å². The zero-order valence-corrected chi connectivity index (χ0v) is 10.4. The molecule has 0 radical (unpaired) electrons. The summed E-state index contributed by atoms with van der Waals surface area (Å²) in [7, 11) is 1.56. The molecule has 0 aromatic heterocycles. The highest BCUT2D eigenvalue weighted by Crippen LogP contribution is 2.27. The van der Waals surface area contributed by atoms with Crippen LogP contribution in [0.15, 0.2) is 24.3 Å². The van der Waals surface area contributed by atoms with Crippen molar-refractivity contribution in [2.24, 2.45) is 0 Å². The average Bonchev–Trinajstić information content (AvgIpc) is 2.37. The smallest absolute Gasteiger partial charge is 0.260 e. The van der Waals surface area contributed by atoms with Crippen LogP contribution in [0.25, 0.3) is 0 Å². The summed E-state index contributed by atoms with van der Waals surface area (Å²) in [6.45, 7) is 3.57. The van der Waals surface area contributed by atoms with Crippen LogP contribution in [-0.2, 0) is 4.79 Å². The Bertz CT molecular complexity index is 379. The van der Waals surface area contributed by atoms with Crippen LogP contribution >= 0.6 is 0 Å². The largest absolute Gasteiger partial charge is 0.481 e. The van der Waals surface area contributed by atoms with Crippen molar-refractivity contribution >= 4 is 5.91 Å². The van der Waals surface area contributed by atoms with Gasteiger partial charge in [-0.05, 0) is 19.4 Å². The Morgan fingerprint density at radius 3 is 2.71 bits per heavy atom. The fourth-order valence-electron chi connectivity index (χ4n) is 1.53. The number of benzene rings is 1. The van der Waals surface area contributed by atoms with E-state index in [0.29, 0.717) is 17.7 Å². The molecule has 0 saturated heterocycles. The molecule has 1 amide bonds. The maximum Gasteiger partial charge on any atom is 0.260 e. The van der Waals surface area contributed by atoms with Gasteiger partial charge in [-0.25, -0.2) is 0 Å². The zero-order valence-electron chi connectivity index (χ0n) is 10.4. The van der Waals surface area contributed by atoms with Gasteiger partial charge in [0.1, 0.15) is 5.75 Å². The van der Waals surface area contributed by atoms with Gasteiger partial charge in [0.15, 0.2) is 6.10 Å². The molecule has 1 aromatic rings. The Morgan fingerprint density at radius 2 is 2.12 bits per heavy atom. The van der Waals surface area contributed by atoms with Crippen molar-refractivity contribution in [3.63, 3.8) is 0 Å². The highest BCUT2D eigenvalue weighted by molar-refractivity contribution is 5.80. The SMILES string of the molecule is CC[C@H](O)c1ccccc1OC(C)C(=O)NC. The first kappa shape index (κ1) is 13.5. The Kier molecular flexibility index (Phi) is 4.97. The van der Waals surface area contributed by atoms with Gasteiger partial charge in [-0.3, -0.25) is 4.79 Å². The van der Waals surface area contributed by atoms with E-state index < -0.39 is 12.2 Å². The normalized spacial score (nSPS) is 13.9. The van der Waals surface area contributed by atoms with Crippen LogP contribution in [0, 0.1) is 0 Å². The van der Waals surface area contributed by atoms with Gasteiger partial charge in [-0.15, -0.1) is 0 Å². The highest BCUT2D eigenvalue weighted by Gasteiger charge is 2.17. The fraction of sp³-hybridized carbons (Fsp3) is 0.462. The van der Waals surface area contributed by atoms with Crippen molar-refractivity contribution in [1.29, 1.82) is 0 Å². The van der Waals surface area contributed by atoms with E-state index in [2.05, 4.69) is 5.32 Å². The van der Waals surface area contributed by atoms with E-state index in [1.54, 1.807) is 26.1 Å². The number of para-hydroxylation sites is 1. The second-order valence-corrected chi connectivity index (χ2v) is 3.84. The topological polar surface area (TPSA) is 58.6 Å². The van der Waals surface area contributed by atoms with E-state index in [1.165, 1.54) is 0 Å². The predicted octanol–water partition coefficient (Wildman–Crippen LogP) is 1.64. The third-order valence-electron chi connectivity index (χ3n) is 2.58. The lowest BCUT2D eigenvalue weighted by Crippen LogP contribution is -2.34. The predicted molar refractivity (Wildman–Crippen MR) is 65.8 cm³/mol. The minimum atomic E-state index is -0.579. The molecule has 0 aliphatic carbocycles. The van der Waals surface area contributed by atoms with E-state index in [-0.39, 0.29) is 5.91 Å². The number of carbonyl (C=O) groups is 1. The summed E-state index contributed by atoms with van der Waals surface area (Å²) >= 11 is 0. The number of nitrogens with one attached hydrogen (secondary N) is 1. The molecule has 94 valence electrons. The maximum atomic E-state index is 11.4. The molecule has 0 bridgehead atoms. The highest BCUT2D eigenvalue weighted by atomic mass is 16.5. The summed E-state index contributed by atoms with van der Waals surface area (Å²) in [4.78, 5) is 11.4. The van der Waals surface area contributed by atoms with Gasteiger partial charge in [0.2, 0.25) is 0 Å². The second kappa shape index (κ2) is 6.25. The Hall–Kier alpha value is -1.55. The summed E-state index contributed by atoms with van der Waals surface area (Å²) in [5, 5.41) is 12.4. The lowest BCUT2D eigenvalue weighted by Gasteiger charge is -2.18. The molecule has 0 spiro atoms. The number of aliphatic hydroxyl groups excluding tert-OH is 1. The summed E-state index contributed by atoms with van der Waals surface area (Å²) in [6, 6.07) is 7.22. The first-order chi connectivity index (χ1) is 8.10. The third kappa shape index (κ3) is 3.46. The van der Waals surface area contributed by atoms with Gasteiger partial charge in [0.25, 0.3) is 5.91 Å². The molecule has 1 unspecified atom stereocenters. The van der Waals surface area contributed by atoms with Crippen LogP contribution in [0.4, 0.5) is 0 Å². The number of aliphatic hydroxyl groups is 1. The first-order valence-electron chi connectivity index (χ1n) is 5.75. The summed E-state index contributed by atoms with van der Waals surface area (Å²) in [5.74, 6) is 0.365. The summed E-state index contributed by atoms with van der Waals surface area (Å²) < 4.78 is 5.55. The molecular weight excluding hydrogens is 218 g/mol. The quantitative estimate of drug-likeness (QED) is 0.818. The minimum absolute atomic E-state index is 0.189. The number of hydrogen-bond acceptors (Lipinski definition) is 3. The van der Waals surface area contributed by atoms with Crippen molar-refractivity contribution in [3.8, 4) is 5.75 Å². The van der Waals surface area contributed by atoms with Crippen LogP contribution in [0.1, 0.15) is 31.9 Å². The molecule has 1 aromatic carbocycles. The Balaban J connectivity index is 2.87. The molecule has 0 aliphatic rings. The summed E-state index contributed by atoms with van der Waals surface area (Å²) in [5.41, 5.74) is 0.714. The average molecular weight is 237 g/mol. The molecule has 0 heterocycles. The van der Waals surface area contributed by atoms with Crippen molar-refractivity contribution in [3.05, 3.63) is 29.8 Å². The minimum Gasteiger partial charge on any atom is -0.481 e. The van der Waals surface area contributed by atoms with Crippen LogP contribution < -0.4 is 10.1 Å². The first-order valence-corrected chi connectivity index (χ1v) is 5.75. The van der Waals surface area contributed by atoms with E-state index in [9.17, 15) is 9.90 Å². The van der Waals surface area contributed by atoms with E-state index in [4.69, 9.17) is 4.74 Å².